The smallest absolute Gasteiger partial charge is 0.124 e. The second-order valence-electron chi connectivity index (χ2n) is 5.97. The Labute approximate surface area is 115 Å². The molecule has 3 nitrogen and oxygen atoms in total. The van der Waals surface area contributed by atoms with E-state index in [9.17, 15) is 10.2 Å². The van der Waals surface area contributed by atoms with Crippen LogP contribution >= 0.6 is 0 Å². The fourth-order valence-corrected chi connectivity index (χ4v) is 3.14. The van der Waals surface area contributed by atoms with Gasteiger partial charge in [0, 0.05) is 12.1 Å². The van der Waals surface area contributed by atoms with E-state index in [0.717, 1.165) is 5.92 Å². The Morgan fingerprint density at radius 2 is 1.63 bits per heavy atom. The molecule has 1 fully saturated rings. The SMILES string of the molecule is CC1CCC(N(C)C(C)c2c(O)cccc2O)CC1. The summed E-state index contributed by atoms with van der Waals surface area (Å²) in [7, 11) is 2.09. The molecule has 1 atom stereocenters. The Balaban J connectivity index is 2.12. The quantitative estimate of drug-likeness (QED) is 0.874. The Hall–Kier alpha value is -1.22. The van der Waals surface area contributed by atoms with Crippen LogP contribution in [0, 0.1) is 5.92 Å². The number of hydrogen-bond acceptors (Lipinski definition) is 3. The first-order valence-corrected chi connectivity index (χ1v) is 7.23. The highest BCUT2D eigenvalue weighted by atomic mass is 16.3. The van der Waals surface area contributed by atoms with Crippen LogP contribution in [-0.4, -0.2) is 28.2 Å². The van der Waals surface area contributed by atoms with E-state index < -0.39 is 0 Å². The molecule has 0 bridgehead atoms. The van der Waals surface area contributed by atoms with E-state index in [2.05, 4.69) is 18.9 Å². The maximum absolute atomic E-state index is 9.96. The summed E-state index contributed by atoms with van der Waals surface area (Å²) in [6.45, 7) is 4.36. The van der Waals surface area contributed by atoms with E-state index in [-0.39, 0.29) is 17.5 Å². The van der Waals surface area contributed by atoms with E-state index in [1.807, 2.05) is 6.92 Å². The molecule has 0 saturated heterocycles. The number of hydrogen-bond donors (Lipinski definition) is 2. The van der Waals surface area contributed by atoms with E-state index in [1.54, 1.807) is 18.2 Å². The van der Waals surface area contributed by atoms with Crippen molar-refractivity contribution in [2.75, 3.05) is 7.05 Å². The van der Waals surface area contributed by atoms with Gasteiger partial charge >= 0.3 is 0 Å². The number of nitrogens with zero attached hydrogens (tertiary/aromatic N) is 1. The highest BCUT2D eigenvalue weighted by Crippen LogP contribution is 2.38. The van der Waals surface area contributed by atoms with E-state index in [0.29, 0.717) is 11.6 Å². The van der Waals surface area contributed by atoms with Crippen molar-refractivity contribution >= 4 is 0 Å². The Morgan fingerprint density at radius 3 is 2.16 bits per heavy atom. The van der Waals surface area contributed by atoms with Gasteiger partial charge in [-0.05, 0) is 57.7 Å². The summed E-state index contributed by atoms with van der Waals surface area (Å²) < 4.78 is 0. The van der Waals surface area contributed by atoms with Crippen molar-refractivity contribution in [3.63, 3.8) is 0 Å². The molecule has 0 radical (unpaired) electrons. The zero-order valence-electron chi connectivity index (χ0n) is 12.1. The van der Waals surface area contributed by atoms with Crippen molar-refractivity contribution in [1.29, 1.82) is 0 Å². The van der Waals surface area contributed by atoms with Crippen molar-refractivity contribution in [1.82, 2.24) is 4.90 Å². The lowest BCUT2D eigenvalue weighted by atomic mass is 9.86. The molecule has 0 spiro atoms. The van der Waals surface area contributed by atoms with Crippen molar-refractivity contribution in [2.45, 2.75) is 51.6 Å². The molecule has 1 unspecified atom stereocenters. The number of phenols is 2. The lowest BCUT2D eigenvalue weighted by Gasteiger charge is -2.37. The molecule has 1 aliphatic carbocycles. The van der Waals surface area contributed by atoms with Crippen LogP contribution in [-0.2, 0) is 0 Å². The molecule has 2 N–H and O–H groups in total. The Kier molecular flexibility index (Phi) is 4.35. The Morgan fingerprint density at radius 1 is 1.11 bits per heavy atom. The fourth-order valence-electron chi connectivity index (χ4n) is 3.14. The average Bonchev–Trinajstić information content (AvgIpc) is 2.38. The van der Waals surface area contributed by atoms with Crippen LogP contribution in [0.2, 0.25) is 0 Å². The number of benzene rings is 1. The molecule has 106 valence electrons. The maximum atomic E-state index is 9.96. The van der Waals surface area contributed by atoms with E-state index in [4.69, 9.17) is 0 Å². The first-order valence-electron chi connectivity index (χ1n) is 7.23. The van der Waals surface area contributed by atoms with Gasteiger partial charge in [-0.2, -0.15) is 0 Å². The van der Waals surface area contributed by atoms with Gasteiger partial charge in [0.1, 0.15) is 11.5 Å². The van der Waals surface area contributed by atoms with E-state index in [1.165, 1.54) is 25.7 Å². The van der Waals surface area contributed by atoms with Gasteiger partial charge in [-0.3, -0.25) is 4.90 Å². The summed E-state index contributed by atoms with van der Waals surface area (Å²) in [5.74, 6) is 1.20. The van der Waals surface area contributed by atoms with Gasteiger partial charge in [0.25, 0.3) is 0 Å². The minimum Gasteiger partial charge on any atom is -0.507 e. The third kappa shape index (κ3) is 3.03. The van der Waals surface area contributed by atoms with Gasteiger partial charge < -0.3 is 10.2 Å². The summed E-state index contributed by atoms with van der Waals surface area (Å²) in [6.07, 6.45) is 4.95. The first-order chi connectivity index (χ1) is 9.00. The molecule has 0 amide bonds. The lowest BCUT2D eigenvalue weighted by Crippen LogP contribution is -2.36. The molecule has 3 heteroatoms. The molecule has 2 rings (SSSR count). The van der Waals surface area contributed by atoms with Crippen molar-refractivity contribution in [3.05, 3.63) is 23.8 Å². The van der Waals surface area contributed by atoms with Gasteiger partial charge in [0.05, 0.1) is 5.56 Å². The van der Waals surface area contributed by atoms with Gasteiger partial charge in [0.15, 0.2) is 0 Å². The normalized spacial score (nSPS) is 25.5. The number of phenolic OH excluding ortho intramolecular Hbond substituents is 2. The van der Waals surface area contributed by atoms with Crippen molar-refractivity contribution < 1.29 is 10.2 Å². The predicted molar refractivity (Wildman–Crippen MR) is 77.4 cm³/mol. The standard InChI is InChI=1S/C16H25NO2/c1-11-7-9-13(10-8-11)17(3)12(2)16-14(18)5-4-6-15(16)19/h4-6,11-13,18-19H,7-10H2,1-3H3. The van der Waals surface area contributed by atoms with Gasteiger partial charge in [-0.1, -0.05) is 13.0 Å². The van der Waals surface area contributed by atoms with Crippen LogP contribution in [0.4, 0.5) is 0 Å². The third-order valence-electron chi connectivity index (χ3n) is 4.65. The number of aromatic hydroxyl groups is 2. The molecule has 19 heavy (non-hydrogen) atoms. The van der Waals surface area contributed by atoms with Crippen LogP contribution in [0.15, 0.2) is 18.2 Å². The second-order valence-corrected chi connectivity index (χ2v) is 5.97. The fraction of sp³-hybridized carbons (Fsp3) is 0.625. The Bertz CT molecular complexity index is 405. The van der Waals surface area contributed by atoms with Crippen LogP contribution in [0.1, 0.15) is 51.1 Å². The van der Waals surface area contributed by atoms with Crippen LogP contribution in [0.3, 0.4) is 0 Å². The van der Waals surface area contributed by atoms with Crippen LogP contribution in [0.5, 0.6) is 11.5 Å². The average molecular weight is 263 g/mol. The third-order valence-corrected chi connectivity index (χ3v) is 4.65. The lowest BCUT2D eigenvalue weighted by molar-refractivity contribution is 0.128. The van der Waals surface area contributed by atoms with E-state index >= 15 is 0 Å². The largest absolute Gasteiger partial charge is 0.507 e. The predicted octanol–water partition coefficient (Wildman–Crippen LogP) is 3.67. The summed E-state index contributed by atoms with van der Waals surface area (Å²) in [4.78, 5) is 2.29. The minimum absolute atomic E-state index is 0.0274. The number of rotatable bonds is 3. The summed E-state index contributed by atoms with van der Waals surface area (Å²) in [6, 6.07) is 5.53. The molecule has 0 heterocycles. The molecular weight excluding hydrogens is 238 g/mol. The summed E-state index contributed by atoms with van der Waals surface area (Å²) in [5.41, 5.74) is 0.642. The zero-order valence-corrected chi connectivity index (χ0v) is 12.1. The molecule has 1 aromatic rings. The highest BCUT2D eigenvalue weighted by molar-refractivity contribution is 5.45. The van der Waals surface area contributed by atoms with Gasteiger partial charge in [0.2, 0.25) is 0 Å². The highest BCUT2D eigenvalue weighted by Gasteiger charge is 2.27. The maximum Gasteiger partial charge on any atom is 0.124 e. The second kappa shape index (κ2) is 5.83. The minimum atomic E-state index is 0.0274. The van der Waals surface area contributed by atoms with Crippen LogP contribution in [0.25, 0.3) is 0 Å². The zero-order chi connectivity index (χ0) is 14.0. The van der Waals surface area contributed by atoms with Gasteiger partial charge in [-0.25, -0.2) is 0 Å². The molecular formula is C16H25NO2. The first kappa shape index (κ1) is 14.2. The monoisotopic (exact) mass is 263 g/mol. The summed E-state index contributed by atoms with van der Waals surface area (Å²) >= 11 is 0. The van der Waals surface area contributed by atoms with Crippen LogP contribution < -0.4 is 0 Å². The topological polar surface area (TPSA) is 43.7 Å². The molecule has 0 aliphatic heterocycles. The molecule has 1 aliphatic rings. The summed E-state index contributed by atoms with van der Waals surface area (Å²) in [5, 5.41) is 19.9. The molecule has 1 aromatic carbocycles. The molecule has 1 saturated carbocycles. The van der Waals surface area contributed by atoms with Crippen molar-refractivity contribution in [3.8, 4) is 11.5 Å². The van der Waals surface area contributed by atoms with Gasteiger partial charge in [-0.15, -0.1) is 0 Å². The molecule has 0 aromatic heterocycles. The van der Waals surface area contributed by atoms with Crippen molar-refractivity contribution in [2.24, 2.45) is 5.92 Å².